The van der Waals surface area contributed by atoms with Gasteiger partial charge in [0.15, 0.2) is 11.5 Å². The Morgan fingerprint density at radius 2 is 1.86 bits per heavy atom. The molecule has 1 aromatic rings. The Morgan fingerprint density at radius 1 is 1.29 bits per heavy atom. The number of ketones is 1. The molecule has 0 aliphatic heterocycles. The van der Waals surface area contributed by atoms with E-state index in [4.69, 9.17) is 4.74 Å². The summed E-state index contributed by atoms with van der Waals surface area (Å²) in [7, 11) is 1.63. The smallest absolute Gasteiger partial charge is 0.190 e. The normalized spacial score (nSPS) is 37.0. The molecular weight excluding hydrogens is 264 g/mol. The van der Waals surface area contributed by atoms with Gasteiger partial charge in [0.25, 0.3) is 0 Å². The van der Waals surface area contributed by atoms with Gasteiger partial charge >= 0.3 is 0 Å². The van der Waals surface area contributed by atoms with Crippen LogP contribution in [0.5, 0.6) is 5.75 Å². The Balaban J connectivity index is 1.73. The van der Waals surface area contributed by atoms with E-state index in [9.17, 15) is 4.79 Å². The van der Waals surface area contributed by atoms with Crippen LogP contribution >= 0.6 is 0 Å². The minimum absolute atomic E-state index is 0.116. The average molecular weight is 288 g/mol. The van der Waals surface area contributed by atoms with Gasteiger partial charge in [-0.2, -0.15) is 5.10 Å². The van der Waals surface area contributed by atoms with E-state index in [1.54, 1.807) is 13.3 Å². The molecule has 0 spiro atoms. The van der Waals surface area contributed by atoms with Gasteiger partial charge in [0.2, 0.25) is 0 Å². The Hall–Kier alpha value is -1.32. The van der Waals surface area contributed by atoms with E-state index in [0.29, 0.717) is 17.2 Å². The molecule has 0 aromatic carbocycles. The van der Waals surface area contributed by atoms with Gasteiger partial charge in [0, 0.05) is 12.0 Å². The Labute approximate surface area is 125 Å². The maximum absolute atomic E-state index is 13.4. The second kappa shape index (κ2) is 4.59. The summed E-state index contributed by atoms with van der Waals surface area (Å²) in [6, 6.07) is 0. The van der Waals surface area contributed by atoms with Crippen LogP contribution in [0.25, 0.3) is 0 Å². The quantitative estimate of drug-likeness (QED) is 0.798. The molecule has 1 aromatic heterocycles. The molecule has 4 bridgehead atoms. The SMILES string of the molecule is CCn1ncc(OC)c1C(=O)C12CC3CC(CC(C3)C1)C2. The van der Waals surface area contributed by atoms with Crippen molar-refractivity contribution in [2.24, 2.45) is 23.2 Å². The molecule has 0 N–H and O–H groups in total. The van der Waals surface area contributed by atoms with Crippen LogP contribution in [-0.4, -0.2) is 22.7 Å². The highest BCUT2D eigenvalue weighted by Gasteiger charge is 2.55. The number of rotatable bonds is 4. The molecule has 21 heavy (non-hydrogen) atoms. The fourth-order valence-electron chi connectivity index (χ4n) is 5.63. The van der Waals surface area contributed by atoms with Crippen molar-refractivity contribution >= 4 is 5.78 Å². The Kier molecular flexibility index (Phi) is 2.92. The summed E-state index contributed by atoms with van der Waals surface area (Å²) in [4.78, 5) is 13.4. The zero-order valence-electron chi connectivity index (χ0n) is 13.0. The summed E-state index contributed by atoms with van der Waals surface area (Å²) in [6.07, 6.45) is 9.04. The van der Waals surface area contributed by atoms with Crippen LogP contribution in [0.1, 0.15) is 55.9 Å². The molecule has 0 radical (unpaired) electrons. The summed E-state index contributed by atoms with van der Waals surface area (Å²) in [5.41, 5.74) is 0.594. The molecule has 5 rings (SSSR count). The zero-order valence-corrected chi connectivity index (χ0v) is 13.0. The van der Waals surface area contributed by atoms with Gasteiger partial charge in [-0.1, -0.05) is 0 Å². The van der Waals surface area contributed by atoms with Crippen LogP contribution in [-0.2, 0) is 6.54 Å². The number of ether oxygens (including phenoxy) is 1. The fraction of sp³-hybridized carbons (Fsp3) is 0.765. The zero-order chi connectivity index (χ0) is 14.6. The van der Waals surface area contributed by atoms with Crippen LogP contribution < -0.4 is 4.74 Å². The lowest BCUT2D eigenvalue weighted by atomic mass is 9.48. The lowest BCUT2D eigenvalue weighted by Crippen LogP contribution is -2.50. The van der Waals surface area contributed by atoms with Crippen molar-refractivity contribution in [1.29, 1.82) is 0 Å². The summed E-state index contributed by atoms with van der Waals surface area (Å²) in [5, 5.41) is 4.32. The Bertz CT molecular complexity index is 519. The van der Waals surface area contributed by atoms with Crippen molar-refractivity contribution in [3.05, 3.63) is 11.9 Å². The van der Waals surface area contributed by atoms with Crippen LogP contribution in [0.3, 0.4) is 0 Å². The number of carbonyl (C=O) groups is 1. The number of methoxy groups -OCH3 is 1. The molecule has 4 fully saturated rings. The van der Waals surface area contributed by atoms with E-state index in [-0.39, 0.29) is 5.41 Å². The van der Waals surface area contributed by atoms with E-state index in [1.807, 2.05) is 11.6 Å². The second-order valence-electron chi connectivity index (χ2n) is 7.40. The highest BCUT2D eigenvalue weighted by Crippen LogP contribution is 2.61. The number of aryl methyl sites for hydroxylation is 1. The summed E-state index contributed by atoms with van der Waals surface area (Å²) >= 11 is 0. The highest BCUT2D eigenvalue weighted by atomic mass is 16.5. The number of hydrogen-bond acceptors (Lipinski definition) is 3. The van der Waals surface area contributed by atoms with Crippen molar-refractivity contribution in [2.45, 2.75) is 52.0 Å². The van der Waals surface area contributed by atoms with E-state index in [1.165, 1.54) is 19.3 Å². The van der Waals surface area contributed by atoms with E-state index in [2.05, 4.69) is 5.10 Å². The maximum Gasteiger partial charge on any atom is 0.190 e. The molecule has 4 aliphatic rings. The van der Waals surface area contributed by atoms with Gasteiger partial charge in [-0.15, -0.1) is 0 Å². The number of nitrogens with zero attached hydrogens (tertiary/aromatic N) is 2. The third kappa shape index (κ3) is 1.87. The predicted octanol–water partition coefficient (Wildman–Crippen LogP) is 3.31. The first-order chi connectivity index (χ1) is 10.1. The summed E-state index contributed by atoms with van der Waals surface area (Å²) in [6.45, 7) is 2.75. The van der Waals surface area contributed by atoms with Crippen molar-refractivity contribution in [2.75, 3.05) is 7.11 Å². The molecule has 0 saturated heterocycles. The van der Waals surface area contributed by atoms with Gasteiger partial charge in [0.05, 0.1) is 13.3 Å². The van der Waals surface area contributed by atoms with Crippen LogP contribution in [0.2, 0.25) is 0 Å². The number of carbonyl (C=O) groups excluding carboxylic acids is 1. The third-order valence-electron chi connectivity index (χ3n) is 6.06. The molecule has 0 unspecified atom stereocenters. The maximum atomic E-state index is 13.4. The van der Waals surface area contributed by atoms with E-state index >= 15 is 0 Å². The molecule has 114 valence electrons. The summed E-state index contributed by atoms with van der Waals surface area (Å²) in [5.74, 6) is 3.30. The van der Waals surface area contributed by atoms with Crippen LogP contribution in [0.15, 0.2) is 6.20 Å². The van der Waals surface area contributed by atoms with Crippen molar-refractivity contribution in [3.8, 4) is 5.75 Å². The lowest BCUT2D eigenvalue weighted by molar-refractivity contribution is -0.0359. The van der Waals surface area contributed by atoms with Gasteiger partial charge in [0.1, 0.15) is 5.69 Å². The van der Waals surface area contributed by atoms with Crippen molar-refractivity contribution < 1.29 is 9.53 Å². The van der Waals surface area contributed by atoms with E-state index in [0.717, 1.165) is 43.6 Å². The fourth-order valence-corrected chi connectivity index (χ4v) is 5.63. The summed E-state index contributed by atoms with van der Waals surface area (Å²) < 4.78 is 7.23. The average Bonchev–Trinajstić information content (AvgIpc) is 2.87. The largest absolute Gasteiger partial charge is 0.493 e. The van der Waals surface area contributed by atoms with Gasteiger partial charge in [-0.3, -0.25) is 9.48 Å². The molecule has 4 heteroatoms. The lowest BCUT2D eigenvalue weighted by Gasteiger charge is -2.55. The topological polar surface area (TPSA) is 44.1 Å². The standard InChI is InChI=1S/C17H24N2O2/c1-3-19-15(14(21-2)10-18-19)16(20)17-7-11-4-12(8-17)6-13(5-11)9-17/h10-13H,3-9H2,1-2H3. The van der Waals surface area contributed by atoms with Gasteiger partial charge < -0.3 is 4.74 Å². The molecule has 4 aliphatic carbocycles. The molecule has 1 heterocycles. The molecular formula is C17H24N2O2. The van der Waals surface area contributed by atoms with Crippen LogP contribution in [0, 0.1) is 23.2 Å². The number of Topliss-reactive ketones (excluding diaryl/α,β-unsaturated/α-hetero) is 1. The molecule has 4 nitrogen and oxygen atoms in total. The minimum atomic E-state index is -0.116. The third-order valence-corrected chi connectivity index (χ3v) is 6.06. The number of hydrogen-bond donors (Lipinski definition) is 0. The highest BCUT2D eigenvalue weighted by molar-refractivity contribution is 6.01. The molecule has 4 saturated carbocycles. The molecule has 0 amide bonds. The first-order valence-electron chi connectivity index (χ1n) is 8.30. The van der Waals surface area contributed by atoms with Crippen LogP contribution in [0.4, 0.5) is 0 Å². The predicted molar refractivity (Wildman–Crippen MR) is 79.4 cm³/mol. The first kappa shape index (κ1) is 13.4. The minimum Gasteiger partial charge on any atom is -0.493 e. The van der Waals surface area contributed by atoms with E-state index < -0.39 is 0 Å². The first-order valence-corrected chi connectivity index (χ1v) is 8.30. The monoisotopic (exact) mass is 288 g/mol. The Morgan fingerprint density at radius 3 is 2.33 bits per heavy atom. The van der Waals surface area contributed by atoms with Gasteiger partial charge in [-0.25, -0.2) is 0 Å². The molecule has 0 atom stereocenters. The number of aromatic nitrogens is 2. The van der Waals surface area contributed by atoms with Gasteiger partial charge in [-0.05, 0) is 63.2 Å². The van der Waals surface area contributed by atoms with Crippen molar-refractivity contribution in [3.63, 3.8) is 0 Å². The second-order valence-corrected chi connectivity index (χ2v) is 7.40. The van der Waals surface area contributed by atoms with Crippen molar-refractivity contribution in [1.82, 2.24) is 9.78 Å².